The number of hydrogen-bond acceptors (Lipinski definition) is 3. The second-order valence-corrected chi connectivity index (χ2v) is 3.83. The fraction of sp³-hybridized carbons (Fsp3) is 0.300. The summed E-state index contributed by atoms with van der Waals surface area (Å²) >= 11 is 0. The molecule has 2 rings (SSSR count). The van der Waals surface area contributed by atoms with Crippen molar-refractivity contribution in [1.82, 2.24) is 0 Å². The van der Waals surface area contributed by atoms with Crippen molar-refractivity contribution in [3.8, 4) is 0 Å². The molecule has 1 aliphatic rings. The van der Waals surface area contributed by atoms with Gasteiger partial charge in [0.1, 0.15) is 5.56 Å². The first kappa shape index (κ1) is 12.3. The van der Waals surface area contributed by atoms with E-state index in [9.17, 15) is 28.1 Å². The number of alkyl halides is 3. The van der Waals surface area contributed by atoms with Crippen LogP contribution >= 0.6 is 0 Å². The number of anilines is 1. The predicted octanol–water partition coefficient (Wildman–Crippen LogP) is 2.50. The Bertz CT molecular complexity index is 540. The van der Waals surface area contributed by atoms with Crippen molar-refractivity contribution in [3.05, 3.63) is 33.4 Å². The van der Waals surface area contributed by atoms with E-state index in [0.717, 1.165) is 6.07 Å². The Hall–Kier alpha value is -2.12. The summed E-state index contributed by atoms with van der Waals surface area (Å²) in [4.78, 5) is 20.6. The summed E-state index contributed by atoms with van der Waals surface area (Å²) < 4.78 is 38.0. The van der Waals surface area contributed by atoms with Gasteiger partial charge in [-0.25, -0.2) is 0 Å². The van der Waals surface area contributed by atoms with Crippen LogP contribution in [0, 0.1) is 10.1 Å². The summed E-state index contributed by atoms with van der Waals surface area (Å²) in [6, 6.07) is 1.49. The van der Waals surface area contributed by atoms with E-state index < -0.39 is 28.3 Å². The average Bonchev–Trinajstić information content (AvgIpc) is 2.25. The predicted molar refractivity (Wildman–Crippen MR) is 55.0 cm³/mol. The number of nitro benzene ring substituents is 1. The lowest BCUT2D eigenvalue weighted by Gasteiger charge is -2.18. The van der Waals surface area contributed by atoms with Crippen LogP contribution in [0.4, 0.5) is 24.5 Å². The number of nitro groups is 1. The molecule has 0 aliphatic carbocycles. The third kappa shape index (κ3) is 2.13. The number of nitrogens with zero attached hydrogens (tertiary/aromatic N) is 1. The van der Waals surface area contributed by atoms with Gasteiger partial charge in [0.2, 0.25) is 5.91 Å². The van der Waals surface area contributed by atoms with Crippen LogP contribution in [0.5, 0.6) is 0 Å². The van der Waals surface area contributed by atoms with Gasteiger partial charge in [-0.15, -0.1) is 0 Å². The number of aryl methyl sites for hydroxylation is 1. The molecule has 1 N–H and O–H groups in total. The van der Waals surface area contributed by atoms with Crippen LogP contribution in [-0.4, -0.2) is 10.8 Å². The molecule has 0 bridgehead atoms. The highest BCUT2D eigenvalue weighted by Crippen LogP contribution is 2.40. The molecule has 8 heteroatoms. The van der Waals surface area contributed by atoms with Crippen LogP contribution in [0.15, 0.2) is 12.1 Å². The van der Waals surface area contributed by atoms with Gasteiger partial charge in [-0.2, -0.15) is 13.2 Å². The summed E-state index contributed by atoms with van der Waals surface area (Å²) in [6.45, 7) is 0. The molecule has 1 aromatic rings. The summed E-state index contributed by atoms with van der Waals surface area (Å²) in [5.74, 6) is -0.399. The number of amides is 1. The molecule has 0 fully saturated rings. The smallest absolute Gasteiger partial charge is 0.326 e. The zero-order chi connectivity index (χ0) is 13.5. The van der Waals surface area contributed by atoms with Crippen molar-refractivity contribution in [1.29, 1.82) is 0 Å². The first-order chi connectivity index (χ1) is 8.29. The van der Waals surface area contributed by atoms with Crippen molar-refractivity contribution in [2.45, 2.75) is 19.0 Å². The molecule has 0 saturated carbocycles. The van der Waals surface area contributed by atoms with Crippen LogP contribution in [-0.2, 0) is 17.4 Å². The molecule has 1 aromatic carbocycles. The number of nitrogens with one attached hydrogen (secondary N) is 1. The molecule has 18 heavy (non-hydrogen) atoms. The molecule has 0 saturated heterocycles. The van der Waals surface area contributed by atoms with Gasteiger partial charge in [-0.3, -0.25) is 14.9 Å². The molecule has 0 spiro atoms. The Labute approximate surface area is 98.7 Å². The lowest BCUT2D eigenvalue weighted by molar-refractivity contribution is -0.388. The van der Waals surface area contributed by atoms with E-state index in [1.54, 1.807) is 0 Å². The quantitative estimate of drug-likeness (QED) is 0.622. The highest BCUT2D eigenvalue weighted by atomic mass is 19.4. The van der Waals surface area contributed by atoms with Gasteiger partial charge < -0.3 is 5.32 Å². The van der Waals surface area contributed by atoms with Gasteiger partial charge in [-0.05, 0) is 18.1 Å². The Morgan fingerprint density at radius 3 is 2.50 bits per heavy atom. The Balaban J connectivity index is 2.61. The second kappa shape index (κ2) is 3.97. The van der Waals surface area contributed by atoms with E-state index >= 15 is 0 Å². The number of rotatable bonds is 1. The fourth-order valence-corrected chi connectivity index (χ4v) is 1.79. The molecule has 1 heterocycles. The highest BCUT2D eigenvalue weighted by Gasteiger charge is 2.39. The van der Waals surface area contributed by atoms with E-state index in [1.807, 2.05) is 0 Å². The van der Waals surface area contributed by atoms with Crippen LogP contribution < -0.4 is 5.32 Å². The van der Waals surface area contributed by atoms with Gasteiger partial charge in [0, 0.05) is 18.2 Å². The van der Waals surface area contributed by atoms with E-state index in [0.29, 0.717) is 11.6 Å². The Morgan fingerprint density at radius 2 is 1.94 bits per heavy atom. The minimum Gasteiger partial charge on any atom is -0.326 e. The molecular formula is C10H7F3N2O3. The van der Waals surface area contributed by atoms with Gasteiger partial charge in [0.25, 0.3) is 5.69 Å². The minimum absolute atomic E-state index is 0.0100. The normalized spacial score (nSPS) is 14.9. The molecule has 96 valence electrons. The SMILES string of the molecule is O=C1CCc2cc([N+](=O)[O-])c(C(F)(F)F)cc2N1. The highest BCUT2D eigenvalue weighted by molar-refractivity contribution is 5.94. The Kier molecular flexibility index (Phi) is 2.72. The first-order valence-corrected chi connectivity index (χ1v) is 4.97. The van der Waals surface area contributed by atoms with Crippen molar-refractivity contribution in [2.75, 3.05) is 5.32 Å². The third-order valence-corrected chi connectivity index (χ3v) is 2.62. The zero-order valence-electron chi connectivity index (χ0n) is 8.87. The van der Waals surface area contributed by atoms with Crippen molar-refractivity contribution in [3.63, 3.8) is 0 Å². The molecule has 0 aromatic heterocycles. The maximum absolute atomic E-state index is 12.7. The summed E-state index contributed by atoms with van der Waals surface area (Å²) in [5.41, 5.74) is -2.01. The van der Waals surface area contributed by atoms with Crippen molar-refractivity contribution >= 4 is 17.3 Å². The van der Waals surface area contributed by atoms with E-state index in [2.05, 4.69) is 5.32 Å². The van der Waals surface area contributed by atoms with E-state index in [-0.39, 0.29) is 18.5 Å². The maximum atomic E-state index is 12.7. The standard InChI is InChI=1S/C10H7F3N2O3/c11-10(12,13)6-4-7-5(1-2-9(16)14-7)3-8(6)15(17)18/h3-4H,1-2H2,(H,14,16). The number of carbonyl (C=O) groups is 1. The number of carbonyl (C=O) groups excluding carboxylic acids is 1. The van der Waals surface area contributed by atoms with Gasteiger partial charge >= 0.3 is 6.18 Å². The van der Waals surface area contributed by atoms with Gasteiger partial charge in [-0.1, -0.05) is 0 Å². The first-order valence-electron chi connectivity index (χ1n) is 4.97. The monoisotopic (exact) mass is 260 g/mol. The minimum atomic E-state index is -4.83. The van der Waals surface area contributed by atoms with Crippen molar-refractivity contribution in [2.24, 2.45) is 0 Å². The van der Waals surface area contributed by atoms with Crippen LogP contribution in [0.25, 0.3) is 0 Å². The molecule has 0 unspecified atom stereocenters. The summed E-state index contributed by atoms with van der Waals surface area (Å²) in [5, 5.41) is 12.9. The second-order valence-electron chi connectivity index (χ2n) is 3.83. The summed E-state index contributed by atoms with van der Waals surface area (Å²) in [6.07, 6.45) is -4.53. The van der Waals surface area contributed by atoms with Crippen LogP contribution in [0.1, 0.15) is 17.5 Å². The van der Waals surface area contributed by atoms with E-state index in [1.165, 1.54) is 0 Å². The van der Waals surface area contributed by atoms with Crippen LogP contribution in [0.3, 0.4) is 0 Å². The molecule has 1 aliphatic heterocycles. The largest absolute Gasteiger partial charge is 0.423 e. The number of benzene rings is 1. The lowest BCUT2D eigenvalue weighted by Crippen LogP contribution is -2.20. The van der Waals surface area contributed by atoms with Crippen LogP contribution in [0.2, 0.25) is 0 Å². The fourth-order valence-electron chi connectivity index (χ4n) is 1.79. The number of fused-ring (bicyclic) bond motifs is 1. The topological polar surface area (TPSA) is 72.2 Å². The molecule has 1 amide bonds. The molecular weight excluding hydrogens is 253 g/mol. The number of hydrogen-bond donors (Lipinski definition) is 1. The zero-order valence-corrected chi connectivity index (χ0v) is 8.87. The lowest BCUT2D eigenvalue weighted by atomic mass is 9.99. The maximum Gasteiger partial charge on any atom is 0.423 e. The Morgan fingerprint density at radius 1 is 1.28 bits per heavy atom. The molecule has 0 radical (unpaired) electrons. The molecule has 0 atom stereocenters. The van der Waals surface area contributed by atoms with E-state index in [4.69, 9.17) is 0 Å². The number of halogens is 3. The van der Waals surface area contributed by atoms with Crippen molar-refractivity contribution < 1.29 is 22.9 Å². The molecule has 5 nitrogen and oxygen atoms in total. The average molecular weight is 260 g/mol. The summed E-state index contributed by atoms with van der Waals surface area (Å²) in [7, 11) is 0. The third-order valence-electron chi connectivity index (χ3n) is 2.62. The van der Waals surface area contributed by atoms with Gasteiger partial charge in [0.05, 0.1) is 4.92 Å². The van der Waals surface area contributed by atoms with Gasteiger partial charge in [0.15, 0.2) is 0 Å².